The van der Waals surface area contributed by atoms with Crippen LogP contribution in [0.2, 0.25) is 0 Å². The average molecular weight is 270 g/mol. The Morgan fingerprint density at radius 2 is 2.05 bits per heavy atom. The number of carbonyl (C=O) groups is 2. The molecule has 0 spiro atoms. The lowest BCUT2D eigenvalue weighted by Crippen LogP contribution is -2.61. The van der Waals surface area contributed by atoms with Gasteiger partial charge in [-0.1, -0.05) is 6.08 Å². The number of hydrogen-bond acceptors (Lipinski definition) is 3. The van der Waals surface area contributed by atoms with Crippen molar-refractivity contribution in [3.8, 4) is 0 Å². The molecule has 2 amide bonds. The van der Waals surface area contributed by atoms with E-state index in [1.54, 1.807) is 11.0 Å². The first-order chi connectivity index (χ1) is 8.93. The Morgan fingerprint density at radius 1 is 1.47 bits per heavy atom. The number of ether oxygens (including phenoxy) is 1. The number of urea groups is 1. The fraction of sp³-hybridized carbons (Fsp3) is 0.692. The molecular formula is C13H22N2O4. The summed E-state index contributed by atoms with van der Waals surface area (Å²) in [6, 6.07) is -0.400. The van der Waals surface area contributed by atoms with Crippen molar-refractivity contribution in [3.63, 3.8) is 0 Å². The van der Waals surface area contributed by atoms with Gasteiger partial charge in [-0.05, 0) is 13.8 Å². The standard InChI is InChI=1S/C13H22N2O4/c1-4-7-15(10(2)3)12(18)14-13(11(16)17)5-8-19-9-6-13/h4,10H,1,5-9H2,2-3H3,(H,14,18)(H,16,17). The van der Waals surface area contributed by atoms with Crippen LogP contribution in [0.1, 0.15) is 26.7 Å². The number of carboxylic acid groups (broad SMARTS) is 1. The van der Waals surface area contributed by atoms with Crippen LogP contribution in [0.5, 0.6) is 0 Å². The molecule has 0 saturated carbocycles. The fourth-order valence-corrected chi connectivity index (χ4v) is 2.06. The lowest BCUT2D eigenvalue weighted by Gasteiger charge is -2.36. The van der Waals surface area contributed by atoms with Crippen molar-refractivity contribution in [2.24, 2.45) is 0 Å². The van der Waals surface area contributed by atoms with E-state index in [2.05, 4.69) is 11.9 Å². The van der Waals surface area contributed by atoms with Gasteiger partial charge in [-0.2, -0.15) is 0 Å². The third-order valence-corrected chi connectivity index (χ3v) is 3.31. The second kappa shape index (κ2) is 6.56. The van der Waals surface area contributed by atoms with Gasteiger partial charge >= 0.3 is 12.0 Å². The van der Waals surface area contributed by atoms with Gasteiger partial charge in [0.15, 0.2) is 0 Å². The zero-order chi connectivity index (χ0) is 14.5. The lowest BCUT2D eigenvalue weighted by atomic mass is 9.90. The largest absolute Gasteiger partial charge is 0.480 e. The Morgan fingerprint density at radius 3 is 2.47 bits per heavy atom. The van der Waals surface area contributed by atoms with Gasteiger partial charge in [0.1, 0.15) is 5.54 Å². The molecule has 1 heterocycles. The summed E-state index contributed by atoms with van der Waals surface area (Å²) in [6.07, 6.45) is 2.19. The number of carboxylic acids is 1. The summed E-state index contributed by atoms with van der Waals surface area (Å²) >= 11 is 0. The lowest BCUT2D eigenvalue weighted by molar-refractivity contribution is -0.148. The van der Waals surface area contributed by atoms with Gasteiger partial charge < -0.3 is 20.1 Å². The molecule has 1 fully saturated rings. The van der Waals surface area contributed by atoms with Crippen LogP contribution in [-0.4, -0.2) is 53.3 Å². The maximum absolute atomic E-state index is 12.2. The van der Waals surface area contributed by atoms with Crippen LogP contribution in [0.15, 0.2) is 12.7 Å². The van der Waals surface area contributed by atoms with Crippen LogP contribution < -0.4 is 5.32 Å². The highest BCUT2D eigenvalue weighted by Crippen LogP contribution is 2.21. The first-order valence-electron chi connectivity index (χ1n) is 6.44. The highest BCUT2D eigenvalue weighted by atomic mass is 16.5. The second-order valence-corrected chi connectivity index (χ2v) is 4.96. The summed E-state index contributed by atoms with van der Waals surface area (Å²) in [5.41, 5.74) is -1.22. The summed E-state index contributed by atoms with van der Waals surface area (Å²) in [5.74, 6) is -1.01. The third kappa shape index (κ3) is 3.70. The Bertz CT molecular complexity index is 349. The van der Waals surface area contributed by atoms with E-state index in [-0.39, 0.29) is 24.9 Å². The highest BCUT2D eigenvalue weighted by molar-refractivity contribution is 5.86. The van der Waals surface area contributed by atoms with Crippen molar-refractivity contribution in [3.05, 3.63) is 12.7 Å². The molecule has 108 valence electrons. The fourth-order valence-electron chi connectivity index (χ4n) is 2.06. The minimum absolute atomic E-state index is 0.0244. The topological polar surface area (TPSA) is 78.9 Å². The predicted octanol–water partition coefficient (Wildman–Crippen LogP) is 1.23. The van der Waals surface area contributed by atoms with Crippen LogP contribution in [0, 0.1) is 0 Å². The molecule has 0 unspecified atom stereocenters. The van der Waals surface area contributed by atoms with E-state index in [1.807, 2.05) is 13.8 Å². The Labute approximate surface area is 113 Å². The summed E-state index contributed by atoms with van der Waals surface area (Å²) in [5, 5.41) is 12.0. The molecule has 1 rings (SSSR count). The SMILES string of the molecule is C=CCN(C(=O)NC1(C(=O)O)CCOCC1)C(C)C. The molecule has 0 aromatic carbocycles. The summed E-state index contributed by atoms with van der Waals surface area (Å²) in [7, 11) is 0. The van der Waals surface area contributed by atoms with E-state index in [9.17, 15) is 14.7 Å². The molecule has 0 atom stereocenters. The molecule has 0 aromatic heterocycles. The number of nitrogens with zero attached hydrogens (tertiary/aromatic N) is 1. The van der Waals surface area contributed by atoms with Crippen molar-refractivity contribution < 1.29 is 19.4 Å². The Hall–Kier alpha value is -1.56. The number of aliphatic carboxylic acids is 1. The molecule has 0 aliphatic carbocycles. The minimum Gasteiger partial charge on any atom is -0.480 e. The molecule has 1 aliphatic rings. The zero-order valence-corrected chi connectivity index (χ0v) is 11.5. The number of rotatable bonds is 5. The van der Waals surface area contributed by atoms with Crippen LogP contribution in [0.3, 0.4) is 0 Å². The Balaban J connectivity index is 2.80. The van der Waals surface area contributed by atoms with Crippen LogP contribution in [-0.2, 0) is 9.53 Å². The normalized spacial score (nSPS) is 17.8. The maximum Gasteiger partial charge on any atom is 0.329 e. The van der Waals surface area contributed by atoms with Gasteiger partial charge in [0.2, 0.25) is 0 Å². The van der Waals surface area contributed by atoms with Crippen molar-refractivity contribution >= 4 is 12.0 Å². The first-order valence-corrected chi connectivity index (χ1v) is 6.44. The first kappa shape index (κ1) is 15.5. The number of nitrogens with one attached hydrogen (secondary N) is 1. The van der Waals surface area contributed by atoms with Crippen molar-refractivity contribution in [2.75, 3.05) is 19.8 Å². The summed E-state index contributed by atoms with van der Waals surface area (Å²) in [4.78, 5) is 25.2. The van der Waals surface area contributed by atoms with E-state index in [0.717, 1.165) is 0 Å². The second-order valence-electron chi connectivity index (χ2n) is 4.96. The average Bonchev–Trinajstić information content (AvgIpc) is 2.36. The van der Waals surface area contributed by atoms with Gasteiger partial charge in [0.25, 0.3) is 0 Å². The van der Waals surface area contributed by atoms with Gasteiger partial charge in [-0.3, -0.25) is 0 Å². The monoisotopic (exact) mass is 270 g/mol. The van der Waals surface area contributed by atoms with E-state index < -0.39 is 11.5 Å². The molecule has 19 heavy (non-hydrogen) atoms. The van der Waals surface area contributed by atoms with E-state index >= 15 is 0 Å². The van der Waals surface area contributed by atoms with E-state index in [4.69, 9.17) is 4.74 Å². The number of carbonyl (C=O) groups excluding carboxylic acids is 1. The summed E-state index contributed by atoms with van der Waals surface area (Å²) < 4.78 is 5.17. The maximum atomic E-state index is 12.2. The summed E-state index contributed by atoms with van der Waals surface area (Å²) in [6.45, 7) is 8.43. The molecule has 0 radical (unpaired) electrons. The minimum atomic E-state index is -1.22. The molecule has 1 aliphatic heterocycles. The molecule has 0 aromatic rings. The number of hydrogen-bond donors (Lipinski definition) is 2. The highest BCUT2D eigenvalue weighted by Gasteiger charge is 2.42. The number of amides is 2. The molecule has 6 nitrogen and oxygen atoms in total. The quantitative estimate of drug-likeness (QED) is 0.736. The molecule has 6 heteroatoms. The third-order valence-electron chi connectivity index (χ3n) is 3.31. The molecule has 2 N–H and O–H groups in total. The van der Waals surface area contributed by atoms with Gasteiger partial charge in [-0.15, -0.1) is 6.58 Å². The van der Waals surface area contributed by atoms with Crippen LogP contribution in [0.4, 0.5) is 4.79 Å². The van der Waals surface area contributed by atoms with Crippen molar-refractivity contribution in [2.45, 2.75) is 38.3 Å². The van der Waals surface area contributed by atoms with Gasteiger partial charge in [0.05, 0.1) is 0 Å². The van der Waals surface area contributed by atoms with Gasteiger partial charge in [-0.25, -0.2) is 9.59 Å². The van der Waals surface area contributed by atoms with Crippen molar-refractivity contribution in [1.29, 1.82) is 0 Å². The predicted molar refractivity (Wildman–Crippen MR) is 71.0 cm³/mol. The zero-order valence-electron chi connectivity index (χ0n) is 11.5. The van der Waals surface area contributed by atoms with Crippen molar-refractivity contribution in [1.82, 2.24) is 10.2 Å². The van der Waals surface area contributed by atoms with Crippen LogP contribution >= 0.6 is 0 Å². The smallest absolute Gasteiger partial charge is 0.329 e. The van der Waals surface area contributed by atoms with E-state index in [1.165, 1.54) is 0 Å². The molecular weight excluding hydrogens is 248 g/mol. The Kier molecular flexibility index (Phi) is 5.35. The molecule has 1 saturated heterocycles. The molecule has 0 bridgehead atoms. The van der Waals surface area contributed by atoms with E-state index in [0.29, 0.717) is 19.8 Å². The van der Waals surface area contributed by atoms with Gasteiger partial charge in [0, 0.05) is 38.6 Å². The van der Waals surface area contributed by atoms with Crippen LogP contribution in [0.25, 0.3) is 0 Å².